The summed E-state index contributed by atoms with van der Waals surface area (Å²) in [4.78, 5) is 15.4. The van der Waals surface area contributed by atoms with Gasteiger partial charge in [0.1, 0.15) is 5.82 Å². The van der Waals surface area contributed by atoms with Crippen LogP contribution >= 0.6 is 0 Å². The van der Waals surface area contributed by atoms with E-state index in [2.05, 4.69) is 31.1 Å². The summed E-state index contributed by atoms with van der Waals surface area (Å²) in [5.74, 6) is 0.307. The first kappa shape index (κ1) is 17.3. The van der Waals surface area contributed by atoms with Crippen molar-refractivity contribution in [2.24, 2.45) is 0 Å². The highest BCUT2D eigenvalue weighted by Crippen LogP contribution is 2.18. The van der Waals surface area contributed by atoms with Gasteiger partial charge in [-0.25, -0.2) is 4.39 Å². The van der Waals surface area contributed by atoms with Gasteiger partial charge in [-0.1, -0.05) is 24.3 Å². The Bertz CT molecular complexity index is 917. The standard InChI is InChI=1S/C18H17FN6O/c1-12(26)22-14-6-4-7-15(9-14)23-18-24-17(11-21-25-18)20-10-13-5-2-3-8-16(13)19/h2-9,11H,10H2,1H3,(H,22,26)(H2,20,23,24,25). The zero-order chi connectivity index (χ0) is 18.4. The van der Waals surface area contributed by atoms with Gasteiger partial charge in [-0.2, -0.15) is 10.1 Å². The summed E-state index contributed by atoms with van der Waals surface area (Å²) in [5.41, 5.74) is 1.89. The molecule has 132 valence electrons. The molecule has 0 bridgehead atoms. The van der Waals surface area contributed by atoms with Crippen molar-refractivity contribution in [2.45, 2.75) is 13.5 Å². The number of carbonyl (C=O) groups excluding carboxylic acids is 1. The quantitative estimate of drug-likeness (QED) is 0.630. The van der Waals surface area contributed by atoms with Crippen molar-refractivity contribution in [1.29, 1.82) is 0 Å². The van der Waals surface area contributed by atoms with Crippen LogP contribution in [0.2, 0.25) is 0 Å². The van der Waals surface area contributed by atoms with Crippen molar-refractivity contribution in [3.05, 3.63) is 66.1 Å². The third-order valence-corrected chi connectivity index (χ3v) is 3.42. The molecule has 8 heteroatoms. The Labute approximate surface area is 149 Å². The molecule has 0 aliphatic carbocycles. The summed E-state index contributed by atoms with van der Waals surface area (Å²) in [5, 5.41) is 16.5. The van der Waals surface area contributed by atoms with Crippen LogP contribution in [0, 0.1) is 5.82 Å². The summed E-state index contributed by atoms with van der Waals surface area (Å²) >= 11 is 0. The van der Waals surface area contributed by atoms with Gasteiger partial charge in [0.15, 0.2) is 5.82 Å². The second-order valence-corrected chi connectivity index (χ2v) is 5.50. The fourth-order valence-electron chi connectivity index (χ4n) is 2.28. The number of nitrogens with zero attached hydrogens (tertiary/aromatic N) is 3. The lowest BCUT2D eigenvalue weighted by Crippen LogP contribution is -2.07. The van der Waals surface area contributed by atoms with E-state index in [4.69, 9.17) is 0 Å². The van der Waals surface area contributed by atoms with E-state index < -0.39 is 0 Å². The molecule has 0 fully saturated rings. The first-order valence-corrected chi connectivity index (χ1v) is 7.92. The summed E-state index contributed by atoms with van der Waals surface area (Å²) in [7, 11) is 0. The molecule has 3 rings (SSSR count). The van der Waals surface area contributed by atoms with Crippen molar-refractivity contribution in [3.8, 4) is 0 Å². The number of benzene rings is 2. The van der Waals surface area contributed by atoms with Gasteiger partial charge in [-0.3, -0.25) is 4.79 Å². The van der Waals surface area contributed by atoms with E-state index in [0.29, 0.717) is 22.8 Å². The van der Waals surface area contributed by atoms with Crippen molar-refractivity contribution >= 4 is 29.0 Å². The molecule has 3 N–H and O–H groups in total. The molecular formula is C18H17FN6O. The average Bonchev–Trinajstić information content (AvgIpc) is 2.61. The zero-order valence-electron chi connectivity index (χ0n) is 14.0. The molecule has 0 aliphatic rings. The Morgan fingerprint density at radius 1 is 1.12 bits per heavy atom. The third kappa shape index (κ3) is 4.73. The van der Waals surface area contributed by atoms with Gasteiger partial charge in [-0.05, 0) is 24.3 Å². The van der Waals surface area contributed by atoms with Gasteiger partial charge in [0.2, 0.25) is 11.9 Å². The molecule has 1 amide bonds. The maximum absolute atomic E-state index is 13.7. The first-order valence-electron chi connectivity index (χ1n) is 7.92. The monoisotopic (exact) mass is 352 g/mol. The second-order valence-electron chi connectivity index (χ2n) is 5.50. The predicted octanol–water partition coefficient (Wildman–Crippen LogP) is 3.32. The number of hydrogen-bond donors (Lipinski definition) is 3. The van der Waals surface area contributed by atoms with Crippen molar-refractivity contribution in [2.75, 3.05) is 16.0 Å². The Kier molecular flexibility index (Phi) is 5.33. The molecule has 0 saturated heterocycles. The first-order chi connectivity index (χ1) is 12.6. The lowest BCUT2D eigenvalue weighted by molar-refractivity contribution is -0.114. The second kappa shape index (κ2) is 8.02. The summed E-state index contributed by atoms with van der Waals surface area (Å²) in [6.45, 7) is 1.72. The van der Waals surface area contributed by atoms with Crippen LogP contribution in [0.3, 0.4) is 0 Å². The van der Waals surface area contributed by atoms with Crippen molar-refractivity contribution in [1.82, 2.24) is 15.2 Å². The van der Waals surface area contributed by atoms with Crippen LogP contribution in [0.15, 0.2) is 54.7 Å². The molecule has 3 aromatic rings. The minimum absolute atomic E-state index is 0.153. The fraction of sp³-hybridized carbons (Fsp3) is 0.111. The topological polar surface area (TPSA) is 91.8 Å². The molecule has 2 aromatic carbocycles. The van der Waals surface area contributed by atoms with E-state index in [-0.39, 0.29) is 24.2 Å². The lowest BCUT2D eigenvalue weighted by Gasteiger charge is -2.09. The number of aromatic nitrogens is 3. The SMILES string of the molecule is CC(=O)Nc1cccc(Nc2nncc(NCc3ccccc3F)n2)c1. The van der Waals surface area contributed by atoms with Gasteiger partial charge in [-0.15, -0.1) is 5.10 Å². The van der Waals surface area contributed by atoms with Gasteiger partial charge < -0.3 is 16.0 Å². The normalized spacial score (nSPS) is 10.2. The summed E-state index contributed by atoms with van der Waals surface area (Å²) in [6.07, 6.45) is 1.46. The number of carbonyl (C=O) groups is 1. The highest BCUT2D eigenvalue weighted by Gasteiger charge is 2.05. The Morgan fingerprint density at radius 2 is 1.92 bits per heavy atom. The van der Waals surface area contributed by atoms with Crippen LogP contribution in [0.1, 0.15) is 12.5 Å². The van der Waals surface area contributed by atoms with Crippen LogP contribution in [0.5, 0.6) is 0 Å². The van der Waals surface area contributed by atoms with Gasteiger partial charge in [0.25, 0.3) is 0 Å². The molecule has 0 spiro atoms. The van der Waals surface area contributed by atoms with Crippen LogP contribution in [0.4, 0.5) is 27.5 Å². The molecule has 0 atom stereocenters. The summed E-state index contributed by atoms with van der Waals surface area (Å²) < 4.78 is 13.7. The Balaban J connectivity index is 1.67. The van der Waals surface area contributed by atoms with E-state index in [9.17, 15) is 9.18 Å². The predicted molar refractivity (Wildman–Crippen MR) is 97.6 cm³/mol. The maximum Gasteiger partial charge on any atom is 0.249 e. The lowest BCUT2D eigenvalue weighted by atomic mass is 10.2. The minimum Gasteiger partial charge on any atom is -0.364 e. The Hall–Kier alpha value is -3.55. The van der Waals surface area contributed by atoms with Crippen LogP contribution in [-0.4, -0.2) is 21.1 Å². The van der Waals surface area contributed by atoms with Gasteiger partial charge in [0, 0.05) is 30.4 Å². The van der Waals surface area contributed by atoms with Crippen LogP contribution in [0.25, 0.3) is 0 Å². The third-order valence-electron chi connectivity index (χ3n) is 3.42. The number of halogens is 1. The molecule has 0 saturated carbocycles. The van der Waals surface area contributed by atoms with E-state index in [0.717, 1.165) is 0 Å². The molecule has 7 nitrogen and oxygen atoms in total. The average molecular weight is 352 g/mol. The van der Waals surface area contributed by atoms with Crippen LogP contribution < -0.4 is 16.0 Å². The highest BCUT2D eigenvalue weighted by molar-refractivity contribution is 5.89. The largest absolute Gasteiger partial charge is 0.364 e. The number of nitrogens with one attached hydrogen (secondary N) is 3. The van der Waals surface area contributed by atoms with Crippen molar-refractivity contribution in [3.63, 3.8) is 0 Å². The molecule has 0 unspecified atom stereocenters. The Morgan fingerprint density at radius 3 is 2.73 bits per heavy atom. The van der Waals surface area contributed by atoms with E-state index in [1.165, 1.54) is 19.2 Å². The molecule has 1 aromatic heterocycles. The smallest absolute Gasteiger partial charge is 0.249 e. The number of hydrogen-bond acceptors (Lipinski definition) is 6. The van der Waals surface area contributed by atoms with Crippen LogP contribution in [-0.2, 0) is 11.3 Å². The molecule has 26 heavy (non-hydrogen) atoms. The van der Waals surface area contributed by atoms with Crippen molar-refractivity contribution < 1.29 is 9.18 Å². The van der Waals surface area contributed by atoms with Gasteiger partial charge in [0.05, 0.1) is 6.20 Å². The molecular weight excluding hydrogens is 335 g/mol. The maximum atomic E-state index is 13.7. The summed E-state index contributed by atoms with van der Waals surface area (Å²) in [6, 6.07) is 13.7. The van der Waals surface area contributed by atoms with E-state index >= 15 is 0 Å². The number of amides is 1. The molecule has 0 aliphatic heterocycles. The molecule has 0 radical (unpaired) electrons. The number of rotatable bonds is 6. The van der Waals surface area contributed by atoms with E-state index in [1.807, 2.05) is 6.07 Å². The fourth-order valence-corrected chi connectivity index (χ4v) is 2.28. The van der Waals surface area contributed by atoms with Gasteiger partial charge >= 0.3 is 0 Å². The highest BCUT2D eigenvalue weighted by atomic mass is 19.1. The zero-order valence-corrected chi connectivity index (χ0v) is 14.0. The molecule has 1 heterocycles. The number of anilines is 4. The van der Waals surface area contributed by atoms with E-state index in [1.54, 1.807) is 36.4 Å². The minimum atomic E-state index is -0.282.